The van der Waals surface area contributed by atoms with Gasteiger partial charge in [0.15, 0.2) is 0 Å². The van der Waals surface area contributed by atoms with Crippen LogP contribution < -0.4 is 0 Å². The molecule has 1 rings (SSSR count). The third kappa shape index (κ3) is 1.77. The number of benzene rings is 1. The quantitative estimate of drug-likeness (QED) is 0.700. The number of alkyl halides is 2. The van der Waals surface area contributed by atoms with Gasteiger partial charge in [0, 0.05) is 10.0 Å². The van der Waals surface area contributed by atoms with Crippen LogP contribution in [-0.2, 0) is 0 Å². The maximum Gasteiger partial charge on any atom is 0.264 e. The Morgan fingerprint density at radius 1 is 1.42 bits per heavy atom. The van der Waals surface area contributed by atoms with Crippen molar-refractivity contribution in [1.29, 1.82) is 0 Å². The molecule has 1 aromatic rings. The Morgan fingerprint density at radius 3 is 2.50 bits per heavy atom. The summed E-state index contributed by atoms with van der Waals surface area (Å²) >= 11 is 8.90. The van der Waals surface area contributed by atoms with E-state index in [9.17, 15) is 8.78 Å². The lowest BCUT2D eigenvalue weighted by atomic mass is 10.1. The van der Waals surface area contributed by atoms with E-state index < -0.39 is 6.43 Å². The van der Waals surface area contributed by atoms with Gasteiger partial charge >= 0.3 is 0 Å². The van der Waals surface area contributed by atoms with Crippen molar-refractivity contribution in [3.8, 4) is 0 Å². The molecule has 0 unspecified atom stereocenters. The van der Waals surface area contributed by atoms with E-state index in [0.717, 1.165) is 0 Å². The topological polar surface area (TPSA) is 0 Å². The lowest BCUT2D eigenvalue weighted by Gasteiger charge is -2.07. The van der Waals surface area contributed by atoms with Gasteiger partial charge in [0.2, 0.25) is 0 Å². The smallest absolute Gasteiger partial charge is 0.205 e. The lowest BCUT2D eigenvalue weighted by molar-refractivity contribution is 0.150. The van der Waals surface area contributed by atoms with E-state index in [4.69, 9.17) is 11.6 Å². The van der Waals surface area contributed by atoms with Crippen molar-refractivity contribution >= 4 is 27.5 Å². The summed E-state index contributed by atoms with van der Waals surface area (Å²) in [4.78, 5) is 0. The van der Waals surface area contributed by atoms with Gasteiger partial charge in [0.1, 0.15) is 0 Å². The van der Waals surface area contributed by atoms with E-state index >= 15 is 0 Å². The van der Waals surface area contributed by atoms with Gasteiger partial charge in [0.05, 0.1) is 5.02 Å². The highest BCUT2D eigenvalue weighted by molar-refractivity contribution is 9.10. The van der Waals surface area contributed by atoms with Gasteiger partial charge in [-0.05, 0) is 34.5 Å². The van der Waals surface area contributed by atoms with Gasteiger partial charge in [-0.2, -0.15) is 0 Å². The van der Waals surface area contributed by atoms with Crippen molar-refractivity contribution in [2.45, 2.75) is 13.3 Å². The van der Waals surface area contributed by atoms with Gasteiger partial charge < -0.3 is 0 Å². The average Bonchev–Trinajstić information content (AvgIpc) is 2.00. The van der Waals surface area contributed by atoms with Gasteiger partial charge in [-0.1, -0.05) is 17.7 Å². The first-order valence-corrected chi connectivity index (χ1v) is 4.43. The number of rotatable bonds is 1. The molecular formula is C8H6BrClF2. The van der Waals surface area contributed by atoms with Crippen LogP contribution in [-0.4, -0.2) is 0 Å². The second-order valence-electron chi connectivity index (χ2n) is 2.38. The molecular weight excluding hydrogens is 249 g/mol. The van der Waals surface area contributed by atoms with Crippen LogP contribution in [0.25, 0.3) is 0 Å². The molecule has 0 aliphatic heterocycles. The SMILES string of the molecule is Cc1c(C(F)F)ccc(Br)c1Cl. The highest BCUT2D eigenvalue weighted by Gasteiger charge is 2.13. The molecule has 0 radical (unpaired) electrons. The minimum absolute atomic E-state index is 0.0109. The van der Waals surface area contributed by atoms with Crippen LogP contribution in [0.5, 0.6) is 0 Å². The van der Waals surface area contributed by atoms with Crippen LogP contribution in [0.2, 0.25) is 5.02 Å². The molecule has 12 heavy (non-hydrogen) atoms. The first kappa shape index (κ1) is 9.93. The summed E-state index contributed by atoms with van der Waals surface area (Å²) in [6, 6.07) is 2.90. The van der Waals surface area contributed by atoms with Crippen molar-refractivity contribution in [1.82, 2.24) is 0 Å². The van der Waals surface area contributed by atoms with Crippen molar-refractivity contribution in [3.63, 3.8) is 0 Å². The normalized spacial score (nSPS) is 10.8. The Balaban J connectivity index is 3.27. The minimum atomic E-state index is -2.46. The Bertz CT molecular complexity index is 299. The summed E-state index contributed by atoms with van der Waals surface area (Å²) in [5.74, 6) is 0. The molecule has 0 atom stereocenters. The fraction of sp³-hybridized carbons (Fsp3) is 0.250. The summed E-state index contributed by atoms with van der Waals surface area (Å²) in [5.41, 5.74) is 0.421. The van der Waals surface area contributed by atoms with Crippen LogP contribution in [0.15, 0.2) is 16.6 Å². The Hall–Kier alpha value is -0.150. The zero-order valence-electron chi connectivity index (χ0n) is 6.24. The van der Waals surface area contributed by atoms with Crippen molar-refractivity contribution in [3.05, 3.63) is 32.8 Å². The number of hydrogen-bond acceptors (Lipinski definition) is 0. The van der Waals surface area contributed by atoms with Gasteiger partial charge in [-0.25, -0.2) is 8.78 Å². The molecule has 0 aliphatic rings. The summed E-state index contributed by atoms with van der Waals surface area (Å²) in [6.45, 7) is 1.58. The molecule has 0 saturated heterocycles. The monoisotopic (exact) mass is 254 g/mol. The molecule has 0 fully saturated rings. The second kappa shape index (κ2) is 3.71. The van der Waals surface area contributed by atoms with E-state index in [1.165, 1.54) is 12.1 Å². The standard InChI is InChI=1S/C8H6BrClF2/c1-4-5(8(11)12)2-3-6(9)7(4)10/h2-3,8H,1H3. The summed E-state index contributed by atoms with van der Waals surface area (Å²) < 4.78 is 25.2. The van der Waals surface area contributed by atoms with Crippen molar-refractivity contribution in [2.75, 3.05) is 0 Å². The molecule has 0 amide bonds. The fourth-order valence-electron chi connectivity index (χ4n) is 0.903. The second-order valence-corrected chi connectivity index (χ2v) is 3.61. The summed E-state index contributed by atoms with van der Waals surface area (Å²) in [6.07, 6.45) is -2.46. The van der Waals surface area contributed by atoms with Crippen LogP contribution in [0.1, 0.15) is 17.6 Å². The average molecular weight is 255 g/mol. The molecule has 0 N–H and O–H groups in total. The molecule has 0 aromatic heterocycles. The van der Waals surface area contributed by atoms with Gasteiger partial charge in [-0.15, -0.1) is 0 Å². The zero-order chi connectivity index (χ0) is 9.30. The third-order valence-electron chi connectivity index (χ3n) is 1.62. The molecule has 4 heteroatoms. The molecule has 1 aromatic carbocycles. The van der Waals surface area contributed by atoms with E-state index in [-0.39, 0.29) is 5.56 Å². The predicted molar refractivity (Wildman–Crippen MR) is 48.8 cm³/mol. The molecule has 0 nitrogen and oxygen atoms in total. The Labute approximate surface area is 82.7 Å². The molecule has 0 aliphatic carbocycles. The first-order chi connectivity index (χ1) is 5.54. The Morgan fingerprint density at radius 2 is 2.00 bits per heavy atom. The lowest BCUT2D eigenvalue weighted by Crippen LogP contribution is -1.90. The van der Waals surface area contributed by atoms with E-state index in [1.54, 1.807) is 6.92 Å². The van der Waals surface area contributed by atoms with Crippen molar-refractivity contribution < 1.29 is 8.78 Å². The van der Waals surface area contributed by atoms with E-state index in [0.29, 0.717) is 15.1 Å². The van der Waals surface area contributed by atoms with Crippen LogP contribution in [0.4, 0.5) is 8.78 Å². The maximum atomic E-state index is 12.3. The highest BCUT2D eigenvalue weighted by Crippen LogP contribution is 2.32. The first-order valence-electron chi connectivity index (χ1n) is 3.26. The van der Waals surface area contributed by atoms with Crippen LogP contribution in [0, 0.1) is 6.92 Å². The Kier molecular flexibility index (Phi) is 3.07. The molecule has 0 saturated carbocycles. The van der Waals surface area contributed by atoms with E-state index in [2.05, 4.69) is 15.9 Å². The summed E-state index contributed by atoms with van der Waals surface area (Å²) in [5, 5.41) is 0.354. The molecule has 0 spiro atoms. The predicted octanol–water partition coefficient (Wildman–Crippen LogP) is 4.35. The third-order valence-corrected chi connectivity index (χ3v) is 2.99. The van der Waals surface area contributed by atoms with E-state index in [1.807, 2.05) is 0 Å². The van der Waals surface area contributed by atoms with Crippen molar-refractivity contribution in [2.24, 2.45) is 0 Å². The fourth-order valence-corrected chi connectivity index (χ4v) is 1.50. The molecule has 0 bridgehead atoms. The van der Waals surface area contributed by atoms with Crippen LogP contribution in [0.3, 0.4) is 0 Å². The molecule has 0 heterocycles. The molecule has 66 valence electrons. The summed E-state index contributed by atoms with van der Waals surface area (Å²) in [7, 11) is 0. The highest BCUT2D eigenvalue weighted by atomic mass is 79.9. The minimum Gasteiger partial charge on any atom is -0.205 e. The van der Waals surface area contributed by atoms with Crippen LogP contribution >= 0.6 is 27.5 Å². The maximum absolute atomic E-state index is 12.3. The van der Waals surface area contributed by atoms with Gasteiger partial charge in [0.25, 0.3) is 6.43 Å². The largest absolute Gasteiger partial charge is 0.264 e. The number of halogens is 4. The zero-order valence-corrected chi connectivity index (χ0v) is 8.59. The number of hydrogen-bond donors (Lipinski definition) is 0. The van der Waals surface area contributed by atoms with Gasteiger partial charge in [-0.3, -0.25) is 0 Å².